The van der Waals surface area contributed by atoms with Crippen molar-refractivity contribution in [3.8, 4) is 0 Å². The van der Waals surface area contributed by atoms with E-state index in [0.29, 0.717) is 17.9 Å². The molecule has 2 aliphatic rings. The summed E-state index contributed by atoms with van der Waals surface area (Å²) in [5, 5.41) is 10.1. The number of pyridine rings is 1. The molecule has 3 heterocycles. The van der Waals surface area contributed by atoms with Crippen molar-refractivity contribution in [2.75, 3.05) is 12.0 Å². The summed E-state index contributed by atoms with van der Waals surface area (Å²) in [4.78, 5) is 9.51. The molecule has 0 bridgehead atoms. The highest BCUT2D eigenvalue weighted by molar-refractivity contribution is 6.44. The van der Waals surface area contributed by atoms with E-state index in [-0.39, 0.29) is 0 Å². The third kappa shape index (κ3) is 4.75. The number of nitrogens with one attached hydrogen (secondary N) is 2. The van der Waals surface area contributed by atoms with Gasteiger partial charge >= 0.3 is 0 Å². The third-order valence-electron chi connectivity index (χ3n) is 7.21. The molecular formula is C28H27Cl2N5. The molecule has 2 aromatic carbocycles. The fourth-order valence-corrected chi connectivity index (χ4v) is 5.69. The maximum atomic E-state index is 6.33. The van der Waals surface area contributed by atoms with Crippen LogP contribution in [0.1, 0.15) is 37.3 Å². The van der Waals surface area contributed by atoms with Gasteiger partial charge in [0.1, 0.15) is 23.1 Å². The molecule has 0 saturated heterocycles. The quantitative estimate of drug-likeness (QED) is 0.322. The number of hydrogen-bond donors (Lipinski definition) is 2. The van der Waals surface area contributed by atoms with Gasteiger partial charge in [-0.15, -0.1) is 0 Å². The minimum absolute atomic E-state index is 0.509. The average Bonchev–Trinajstić information content (AvgIpc) is 3.52. The van der Waals surface area contributed by atoms with Crippen molar-refractivity contribution >= 4 is 50.8 Å². The van der Waals surface area contributed by atoms with Crippen LogP contribution in [-0.2, 0) is 6.42 Å². The number of aromatic nitrogens is 2. The number of hydrogen-bond acceptors (Lipinski definition) is 4. The van der Waals surface area contributed by atoms with Crippen LogP contribution in [0.2, 0.25) is 5.02 Å². The first kappa shape index (κ1) is 22.4. The van der Waals surface area contributed by atoms with Gasteiger partial charge in [-0.25, -0.2) is 9.98 Å². The Balaban J connectivity index is 1.12. The molecule has 4 aromatic rings. The van der Waals surface area contributed by atoms with E-state index in [1.54, 1.807) is 0 Å². The number of aryl methyl sites for hydroxylation is 1. The van der Waals surface area contributed by atoms with E-state index in [1.165, 1.54) is 31.2 Å². The summed E-state index contributed by atoms with van der Waals surface area (Å²) in [6, 6.07) is 21.1. The van der Waals surface area contributed by atoms with E-state index in [2.05, 4.69) is 56.7 Å². The molecule has 1 aliphatic carbocycles. The second kappa shape index (κ2) is 9.56. The van der Waals surface area contributed by atoms with Crippen LogP contribution in [0.5, 0.6) is 0 Å². The third-order valence-corrected chi connectivity index (χ3v) is 7.80. The zero-order valence-corrected chi connectivity index (χ0v) is 20.9. The largest absolute Gasteiger partial charge is 0.356 e. The fraction of sp³-hybridized carbons (Fsp3) is 0.286. The fourth-order valence-electron chi connectivity index (χ4n) is 5.35. The van der Waals surface area contributed by atoms with Gasteiger partial charge < -0.3 is 15.2 Å². The number of anilines is 2. The Bertz CT molecular complexity index is 1490. The first-order chi connectivity index (χ1) is 17.1. The lowest BCUT2D eigenvalue weighted by molar-refractivity contribution is 0.446. The Labute approximate surface area is 214 Å². The lowest BCUT2D eigenvalue weighted by Crippen LogP contribution is -2.39. The van der Waals surface area contributed by atoms with Crippen LogP contribution in [0.15, 0.2) is 71.9 Å². The second-order valence-corrected chi connectivity index (χ2v) is 10.3. The van der Waals surface area contributed by atoms with Crippen molar-refractivity contribution in [2.45, 2.75) is 38.1 Å². The van der Waals surface area contributed by atoms with Crippen molar-refractivity contribution in [2.24, 2.45) is 10.9 Å². The number of nitrogens with zero attached hydrogens (tertiary/aromatic N) is 3. The van der Waals surface area contributed by atoms with Gasteiger partial charge in [-0.3, -0.25) is 0 Å². The minimum Gasteiger partial charge on any atom is -0.356 e. The van der Waals surface area contributed by atoms with Gasteiger partial charge in [0.2, 0.25) is 0 Å². The smallest absolute Gasteiger partial charge is 0.140 e. The summed E-state index contributed by atoms with van der Waals surface area (Å²) < 4.78 is 2.34. The number of rotatable bonds is 6. The van der Waals surface area contributed by atoms with Gasteiger partial charge in [-0.05, 0) is 92.1 Å². The van der Waals surface area contributed by atoms with E-state index in [9.17, 15) is 0 Å². The Hall–Kier alpha value is -3.02. The zero-order valence-electron chi connectivity index (χ0n) is 19.3. The molecule has 2 aromatic heterocycles. The van der Waals surface area contributed by atoms with E-state index < -0.39 is 0 Å². The first-order valence-electron chi connectivity index (χ1n) is 12.2. The van der Waals surface area contributed by atoms with E-state index >= 15 is 0 Å². The Morgan fingerprint density at radius 3 is 2.74 bits per heavy atom. The van der Waals surface area contributed by atoms with Crippen molar-refractivity contribution in [3.63, 3.8) is 0 Å². The van der Waals surface area contributed by atoms with Crippen LogP contribution in [0.3, 0.4) is 0 Å². The topological polar surface area (TPSA) is 54.2 Å². The molecular weight excluding hydrogens is 477 g/mol. The van der Waals surface area contributed by atoms with E-state index in [4.69, 9.17) is 28.2 Å². The highest BCUT2D eigenvalue weighted by Crippen LogP contribution is 2.36. The maximum Gasteiger partial charge on any atom is 0.140 e. The van der Waals surface area contributed by atoms with Crippen molar-refractivity contribution in [1.82, 2.24) is 14.9 Å². The molecule has 1 saturated carbocycles. The molecule has 7 heteroatoms. The van der Waals surface area contributed by atoms with E-state index in [1.807, 2.05) is 30.3 Å². The minimum atomic E-state index is 0.509. The maximum absolute atomic E-state index is 6.33. The summed E-state index contributed by atoms with van der Waals surface area (Å²) in [6.45, 7) is 0.554. The Morgan fingerprint density at radius 1 is 1.00 bits per heavy atom. The van der Waals surface area contributed by atoms with Crippen molar-refractivity contribution < 1.29 is 0 Å². The molecule has 0 radical (unpaired) electrons. The molecule has 178 valence electrons. The van der Waals surface area contributed by atoms with Gasteiger partial charge in [0.05, 0.1) is 10.7 Å². The molecule has 2 unspecified atom stereocenters. The molecule has 1 fully saturated rings. The molecule has 0 amide bonds. The molecule has 6 rings (SSSR count). The molecule has 2 N–H and O–H groups in total. The lowest BCUT2D eigenvalue weighted by atomic mass is 9.97. The number of benzene rings is 2. The average molecular weight is 504 g/mol. The summed E-state index contributed by atoms with van der Waals surface area (Å²) in [5.41, 5.74) is 4.37. The van der Waals surface area contributed by atoms with Crippen LogP contribution in [0.4, 0.5) is 11.5 Å². The van der Waals surface area contributed by atoms with Crippen molar-refractivity contribution in [1.29, 1.82) is 0 Å². The number of fused-ring (bicyclic) bond motifs is 2. The summed E-state index contributed by atoms with van der Waals surface area (Å²) in [6.07, 6.45) is 8.07. The highest BCUT2D eigenvalue weighted by atomic mass is 35.5. The zero-order chi connectivity index (χ0) is 23.8. The van der Waals surface area contributed by atoms with Crippen LogP contribution < -0.4 is 21.3 Å². The highest BCUT2D eigenvalue weighted by Gasteiger charge is 2.26. The summed E-state index contributed by atoms with van der Waals surface area (Å²) >= 11 is 12.3. The van der Waals surface area contributed by atoms with Gasteiger partial charge in [-0.1, -0.05) is 35.3 Å². The number of halogens is 2. The summed E-state index contributed by atoms with van der Waals surface area (Å²) in [5.74, 6) is 1.56. The van der Waals surface area contributed by atoms with Crippen LogP contribution in [0, 0.1) is 5.92 Å². The molecule has 2 atom stereocenters. The predicted octanol–water partition coefficient (Wildman–Crippen LogP) is 5.89. The normalized spacial score (nSPS) is 19.3. The van der Waals surface area contributed by atoms with E-state index in [0.717, 1.165) is 50.5 Å². The molecule has 1 aliphatic heterocycles. The molecule has 5 nitrogen and oxygen atoms in total. The molecule has 0 spiro atoms. The standard InChI is InChI=1S/C28H27Cl2N5/c29-21-7-9-22(10-8-21)33-26-12-6-20-5-3-19(16-25(20)34-26)2-1-18-4-11-23(15-18)35-14-13-24-27(30)31-17-32-28(24)35/h3,5-10,12-14,16,18,23,31H,1-2,4,11,15,17H2,(H,33,34). The summed E-state index contributed by atoms with van der Waals surface area (Å²) in [7, 11) is 0. The predicted molar refractivity (Wildman–Crippen MR) is 144 cm³/mol. The van der Waals surface area contributed by atoms with Gasteiger partial charge in [0.15, 0.2) is 0 Å². The van der Waals surface area contributed by atoms with Crippen molar-refractivity contribution in [3.05, 3.63) is 88.2 Å². The Kier molecular flexibility index (Phi) is 6.13. The first-order valence-corrected chi connectivity index (χ1v) is 13.0. The van der Waals surface area contributed by atoms with Gasteiger partial charge in [0, 0.05) is 28.3 Å². The van der Waals surface area contributed by atoms with Gasteiger partial charge in [0.25, 0.3) is 0 Å². The Morgan fingerprint density at radius 2 is 1.86 bits per heavy atom. The van der Waals surface area contributed by atoms with Crippen LogP contribution in [-0.4, -0.2) is 16.2 Å². The molecule has 35 heavy (non-hydrogen) atoms. The lowest BCUT2D eigenvalue weighted by Gasteiger charge is -2.15. The monoisotopic (exact) mass is 503 g/mol. The van der Waals surface area contributed by atoms with Crippen LogP contribution >= 0.6 is 23.2 Å². The van der Waals surface area contributed by atoms with Crippen LogP contribution in [0.25, 0.3) is 16.1 Å². The second-order valence-electron chi connectivity index (χ2n) is 9.49. The van der Waals surface area contributed by atoms with Gasteiger partial charge in [-0.2, -0.15) is 0 Å². The SMILES string of the molecule is ClC1=c2ccn(C3CCC(CCc4ccc5ccc(Nc6ccc(Cl)cc6)nc5c4)C3)c2=NCN1.